The molecule has 1 unspecified atom stereocenters. The molecule has 0 saturated heterocycles. The number of benzene rings is 1. The molecule has 0 aliphatic heterocycles. The Morgan fingerprint density at radius 2 is 1.93 bits per heavy atom. The van der Waals surface area contributed by atoms with Gasteiger partial charge in [-0.15, -0.1) is 35.3 Å². The number of aliphatic imine (C=N–C) groups is 1. The highest BCUT2D eigenvalue weighted by Crippen LogP contribution is 2.29. The molecule has 1 aromatic carbocycles. The van der Waals surface area contributed by atoms with Gasteiger partial charge in [0.15, 0.2) is 23.3 Å². The van der Waals surface area contributed by atoms with Crippen molar-refractivity contribution >= 4 is 41.3 Å². The molecule has 0 aliphatic rings. The molecule has 2 aromatic rings. The second-order valence-corrected chi connectivity index (χ2v) is 6.45. The number of hydrogen-bond donors (Lipinski definition) is 2. The van der Waals surface area contributed by atoms with E-state index in [4.69, 9.17) is 0 Å². The van der Waals surface area contributed by atoms with Crippen LogP contribution >= 0.6 is 35.3 Å². The Bertz CT molecular complexity index is 778. The molecular formula is C16H18F5IN4S. The third-order valence-electron chi connectivity index (χ3n) is 3.56. The maximum absolute atomic E-state index is 13.3. The van der Waals surface area contributed by atoms with Crippen LogP contribution in [0.15, 0.2) is 28.6 Å². The second kappa shape index (κ2) is 10.2. The molecule has 27 heavy (non-hydrogen) atoms. The van der Waals surface area contributed by atoms with Crippen LogP contribution in [0.3, 0.4) is 0 Å². The van der Waals surface area contributed by atoms with Gasteiger partial charge in [0.25, 0.3) is 0 Å². The molecule has 1 aromatic heterocycles. The van der Waals surface area contributed by atoms with Gasteiger partial charge in [0.1, 0.15) is 5.01 Å². The van der Waals surface area contributed by atoms with Crippen molar-refractivity contribution in [2.24, 2.45) is 4.99 Å². The van der Waals surface area contributed by atoms with Gasteiger partial charge in [-0.3, -0.25) is 4.99 Å². The molecule has 0 radical (unpaired) electrons. The average Bonchev–Trinajstić information content (AvgIpc) is 3.06. The molecule has 11 heteroatoms. The van der Waals surface area contributed by atoms with E-state index in [0.717, 1.165) is 28.8 Å². The number of aromatic nitrogens is 1. The minimum atomic E-state index is -4.46. The first-order valence-corrected chi connectivity index (χ1v) is 8.49. The van der Waals surface area contributed by atoms with E-state index in [9.17, 15) is 22.0 Å². The van der Waals surface area contributed by atoms with E-state index < -0.39 is 23.5 Å². The summed E-state index contributed by atoms with van der Waals surface area (Å²) >= 11 is 0.900. The normalized spacial score (nSPS) is 13.1. The zero-order chi connectivity index (χ0) is 19.3. The fourth-order valence-electron chi connectivity index (χ4n) is 2.09. The van der Waals surface area contributed by atoms with Crippen LogP contribution in [0.4, 0.5) is 22.0 Å². The fraction of sp³-hybridized carbons (Fsp3) is 0.375. The van der Waals surface area contributed by atoms with Gasteiger partial charge in [-0.1, -0.05) is 13.0 Å². The topological polar surface area (TPSA) is 49.3 Å². The van der Waals surface area contributed by atoms with Gasteiger partial charge < -0.3 is 10.6 Å². The van der Waals surface area contributed by atoms with Crippen LogP contribution in [-0.2, 0) is 12.7 Å². The quantitative estimate of drug-likeness (QED) is 0.264. The van der Waals surface area contributed by atoms with E-state index in [-0.39, 0.29) is 41.4 Å². The van der Waals surface area contributed by atoms with E-state index in [2.05, 4.69) is 20.6 Å². The highest BCUT2D eigenvalue weighted by molar-refractivity contribution is 14.0. The Labute approximate surface area is 174 Å². The maximum Gasteiger partial charge on any atom is 0.434 e. The maximum atomic E-state index is 13.3. The van der Waals surface area contributed by atoms with Gasteiger partial charge >= 0.3 is 6.18 Å². The number of rotatable bonds is 5. The lowest BCUT2D eigenvalue weighted by Gasteiger charge is -2.16. The Hall–Kier alpha value is -1.50. The summed E-state index contributed by atoms with van der Waals surface area (Å²) in [5.41, 5.74) is -0.309. The molecule has 0 bridgehead atoms. The molecule has 0 fully saturated rings. The number of alkyl halides is 3. The summed E-state index contributed by atoms with van der Waals surface area (Å²) in [6.45, 7) is 2.28. The van der Waals surface area contributed by atoms with Crippen LogP contribution in [0.5, 0.6) is 0 Å². The van der Waals surface area contributed by atoms with Crippen LogP contribution in [0.1, 0.15) is 29.1 Å². The SMILES string of the molecule is CN=C(NCc1nc(C(F)(F)F)cs1)NCC(C)c1ccc(F)c(F)c1.I. The van der Waals surface area contributed by atoms with Crippen molar-refractivity contribution in [1.82, 2.24) is 15.6 Å². The van der Waals surface area contributed by atoms with Crippen LogP contribution in [0.2, 0.25) is 0 Å². The summed E-state index contributed by atoms with van der Waals surface area (Å²) in [4.78, 5) is 7.49. The number of halogens is 6. The first-order valence-electron chi connectivity index (χ1n) is 7.61. The van der Waals surface area contributed by atoms with Crippen LogP contribution < -0.4 is 10.6 Å². The molecule has 0 saturated carbocycles. The molecule has 2 N–H and O–H groups in total. The number of nitrogens with one attached hydrogen (secondary N) is 2. The molecule has 4 nitrogen and oxygen atoms in total. The predicted molar refractivity (Wildman–Crippen MR) is 106 cm³/mol. The second-order valence-electron chi connectivity index (χ2n) is 5.51. The Morgan fingerprint density at radius 1 is 1.22 bits per heavy atom. The van der Waals surface area contributed by atoms with Crippen molar-refractivity contribution in [2.45, 2.75) is 25.6 Å². The lowest BCUT2D eigenvalue weighted by atomic mass is 10.0. The van der Waals surface area contributed by atoms with Crippen molar-refractivity contribution in [3.63, 3.8) is 0 Å². The van der Waals surface area contributed by atoms with Crippen LogP contribution in [-0.4, -0.2) is 24.5 Å². The summed E-state index contributed by atoms with van der Waals surface area (Å²) in [7, 11) is 1.51. The van der Waals surface area contributed by atoms with Crippen LogP contribution in [0.25, 0.3) is 0 Å². The number of hydrogen-bond acceptors (Lipinski definition) is 3. The number of guanidine groups is 1. The van der Waals surface area contributed by atoms with Crippen molar-refractivity contribution in [2.75, 3.05) is 13.6 Å². The van der Waals surface area contributed by atoms with Gasteiger partial charge in [0.2, 0.25) is 0 Å². The highest BCUT2D eigenvalue weighted by Gasteiger charge is 2.33. The summed E-state index contributed by atoms with van der Waals surface area (Å²) in [6, 6.07) is 3.69. The molecule has 150 valence electrons. The van der Waals surface area contributed by atoms with Gasteiger partial charge in [-0.25, -0.2) is 13.8 Å². The largest absolute Gasteiger partial charge is 0.434 e. The molecule has 1 atom stereocenters. The van der Waals surface area contributed by atoms with Crippen molar-refractivity contribution in [3.05, 3.63) is 51.5 Å². The van der Waals surface area contributed by atoms with E-state index in [0.29, 0.717) is 18.1 Å². The lowest BCUT2D eigenvalue weighted by Crippen LogP contribution is -2.38. The summed E-state index contributed by atoms with van der Waals surface area (Å²) in [5, 5.41) is 7.08. The average molecular weight is 520 g/mol. The lowest BCUT2D eigenvalue weighted by molar-refractivity contribution is -0.140. The zero-order valence-corrected chi connectivity index (χ0v) is 17.5. The standard InChI is InChI=1S/C16H17F5N4S.HI/c1-9(10-3-4-11(17)12(18)5-10)6-23-15(22-2)24-7-14-25-13(8-26-14)16(19,20)21;/h3-5,8-9H,6-7H2,1-2H3,(H2,22,23,24);1H. The molecule has 0 spiro atoms. The zero-order valence-electron chi connectivity index (χ0n) is 14.4. The fourth-order valence-corrected chi connectivity index (χ4v) is 2.83. The van der Waals surface area contributed by atoms with E-state index in [1.807, 2.05) is 6.92 Å². The van der Waals surface area contributed by atoms with Crippen LogP contribution in [0, 0.1) is 11.6 Å². The summed E-state index contributed by atoms with van der Waals surface area (Å²) < 4.78 is 63.8. The Morgan fingerprint density at radius 3 is 2.48 bits per heavy atom. The molecule has 1 heterocycles. The number of nitrogens with zero attached hydrogens (tertiary/aromatic N) is 2. The summed E-state index contributed by atoms with van der Waals surface area (Å²) in [5.74, 6) is -1.60. The minimum Gasteiger partial charge on any atom is -0.356 e. The Kier molecular flexibility index (Phi) is 8.85. The monoisotopic (exact) mass is 520 g/mol. The molecule has 0 amide bonds. The minimum absolute atomic E-state index is 0. The van der Waals surface area contributed by atoms with E-state index in [1.54, 1.807) is 0 Å². The molecule has 2 rings (SSSR count). The summed E-state index contributed by atoms with van der Waals surface area (Å²) in [6.07, 6.45) is -4.46. The predicted octanol–water partition coefficient (Wildman–Crippen LogP) is 4.53. The van der Waals surface area contributed by atoms with Gasteiger partial charge in [-0.05, 0) is 23.6 Å². The van der Waals surface area contributed by atoms with Crippen molar-refractivity contribution < 1.29 is 22.0 Å². The Balaban J connectivity index is 0.00000364. The molecular weight excluding hydrogens is 502 g/mol. The van der Waals surface area contributed by atoms with Gasteiger partial charge in [0.05, 0.1) is 6.54 Å². The van der Waals surface area contributed by atoms with Crippen molar-refractivity contribution in [1.29, 1.82) is 0 Å². The third kappa shape index (κ3) is 6.87. The third-order valence-corrected chi connectivity index (χ3v) is 4.41. The number of thiazole rings is 1. The van der Waals surface area contributed by atoms with Crippen molar-refractivity contribution in [3.8, 4) is 0 Å². The smallest absolute Gasteiger partial charge is 0.356 e. The van der Waals surface area contributed by atoms with Gasteiger partial charge in [-0.2, -0.15) is 13.2 Å². The van der Waals surface area contributed by atoms with E-state index >= 15 is 0 Å². The van der Waals surface area contributed by atoms with E-state index in [1.165, 1.54) is 13.1 Å². The highest BCUT2D eigenvalue weighted by atomic mass is 127. The first-order chi connectivity index (χ1) is 12.2. The van der Waals surface area contributed by atoms with Gasteiger partial charge in [0, 0.05) is 19.0 Å². The molecule has 0 aliphatic carbocycles. The first kappa shape index (κ1) is 23.5.